The maximum atomic E-state index is 11.7. The van der Waals surface area contributed by atoms with E-state index in [2.05, 4.69) is 16.7 Å². The lowest BCUT2D eigenvalue weighted by atomic mass is 10.1. The molecule has 1 saturated carbocycles. The first kappa shape index (κ1) is 9.71. The summed E-state index contributed by atoms with van der Waals surface area (Å²) in [6.07, 6.45) is 7.89. The molecule has 0 atom stereocenters. The zero-order chi connectivity index (χ0) is 9.80. The van der Waals surface area contributed by atoms with E-state index in [-0.39, 0.29) is 5.91 Å². The van der Waals surface area contributed by atoms with Crippen LogP contribution in [0.15, 0.2) is 11.6 Å². The first-order valence-corrected chi connectivity index (χ1v) is 5.57. The number of amides is 1. The Morgan fingerprint density at radius 1 is 1.43 bits per heavy atom. The monoisotopic (exact) mass is 194 g/mol. The van der Waals surface area contributed by atoms with Crippen LogP contribution in [0.4, 0.5) is 0 Å². The van der Waals surface area contributed by atoms with Gasteiger partial charge in [-0.15, -0.1) is 0 Å². The van der Waals surface area contributed by atoms with E-state index in [9.17, 15) is 4.79 Å². The number of carbonyl (C=O) groups excluding carboxylic acids is 1. The maximum Gasteiger partial charge on any atom is 0.248 e. The van der Waals surface area contributed by atoms with Crippen molar-refractivity contribution in [2.45, 2.75) is 38.1 Å². The van der Waals surface area contributed by atoms with E-state index in [4.69, 9.17) is 0 Å². The van der Waals surface area contributed by atoms with Gasteiger partial charge < -0.3 is 10.6 Å². The van der Waals surface area contributed by atoms with E-state index in [0.717, 1.165) is 37.9 Å². The van der Waals surface area contributed by atoms with Gasteiger partial charge in [0.2, 0.25) is 5.91 Å². The van der Waals surface area contributed by atoms with E-state index in [1.54, 1.807) is 0 Å². The van der Waals surface area contributed by atoms with Crippen LogP contribution < -0.4 is 10.6 Å². The zero-order valence-electron chi connectivity index (χ0n) is 8.51. The van der Waals surface area contributed by atoms with Crippen LogP contribution in [-0.4, -0.2) is 25.0 Å². The Bertz CT molecular complexity index is 242. The van der Waals surface area contributed by atoms with Gasteiger partial charge in [0.15, 0.2) is 0 Å². The molecule has 0 unspecified atom stereocenters. The second-order valence-corrected chi connectivity index (χ2v) is 4.15. The average Bonchev–Trinajstić information content (AvgIpc) is 2.72. The van der Waals surface area contributed by atoms with Crippen molar-refractivity contribution in [3.63, 3.8) is 0 Å². The van der Waals surface area contributed by atoms with Gasteiger partial charge in [0, 0.05) is 18.2 Å². The molecule has 1 aliphatic heterocycles. The van der Waals surface area contributed by atoms with Gasteiger partial charge in [-0.1, -0.05) is 18.9 Å². The summed E-state index contributed by atoms with van der Waals surface area (Å²) in [4.78, 5) is 11.7. The number of rotatable bonds is 2. The standard InChI is InChI=1S/C11H18N2O/c14-11(9-4-3-7-12-8-9)13-10-5-1-2-6-10/h4,10,12H,1-3,5-8H2,(H,13,14). The molecule has 1 heterocycles. The molecule has 14 heavy (non-hydrogen) atoms. The van der Waals surface area contributed by atoms with Crippen LogP contribution >= 0.6 is 0 Å². The smallest absolute Gasteiger partial charge is 0.248 e. The Morgan fingerprint density at radius 3 is 2.86 bits per heavy atom. The summed E-state index contributed by atoms with van der Waals surface area (Å²) in [5, 5.41) is 6.31. The molecule has 0 aromatic heterocycles. The molecule has 2 rings (SSSR count). The first-order valence-electron chi connectivity index (χ1n) is 5.57. The molecule has 0 aromatic carbocycles. The van der Waals surface area contributed by atoms with Crippen LogP contribution in [0.25, 0.3) is 0 Å². The van der Waals surface area contributed by atoms with Gasteiger partial charge in [0.1, 0.15) is 0 Å². The summed E-state index contributed by atoms with van der Waals surface area (Å²) in [6, 6.07) is 0.435. The summed E-state index contributed by atoms with van der Waals surface area (Å²) in [6.45, 7) is 1.73. The Balaban J connectivity index is 1.84. The lowest BCUT2D eigenvalue weighted by Gasteiger charge is -2.17. The first-order chi connectivity index (χ1) is 6.86. The third-order valence-electron chi connectivity index (χ3n) is 3.01. The molecule has 1 fully saturated rings. The van der Waals surface area contributed by atoms with Crippen LogP contribution in [0.2, 0.25) is 0 Å². The molecular formula is C11H18N2O. The topological polar surface area (TPSA) is 41.1 Å². The Labute approximate surface area is 84.9 Å². The van der Waals surface area contributed by atoms with Crippen molar-refractivity contribution in [1.82, 2.24) is 10.6 Å². The Morgan fingerprint density at radius 2 is 2.21 bits per heavy atom. The predicted molar refractivity (Wildman–Crippen MR) is 56.0 cm³/mol. The third-order valence-corrected chi connectivity index (χ3v) is 3.01. The molecule has 2 N–H and O–H groups in total. The van der Waals surface area contributed by atoms with Crippen molar-refractivity contribution in [1.29, 1.82) is 0 Å². The van der Waals surface area contributed by atoms with E-state index in [1.165, 1.54) is 12.8 Å². The normalized spacial score (nSPS) is 23.3. The largest absolute Gasteiger partial charge is 0.350 e. The number of carbonyl (C=O) groups is 1. The van der Waals surface area contributed by atoms with Gasteiger partial charge in [0.25, 0.3) is 0 Å². The molecule has 0 bridgehead atoms. The molecule has 0 saturated heterocycles. The van der Waals surface area contributed by atoms with Crippen molar-refractivity contribution in [2.24, 2.45) is 0 Å². The Kier molecular flexibility index (Phi) is 3.19. The van der Waals surface area contributed by atoms with Crippen LogP contribution in [0.1, 0.15) is 32.1 Å². The van der Waals surface area contributed by atoms with Gasteiger partial charge in [-0.3, -0.25) is 4.79 Å². The minimum atomic E-state index is 0.143. The van der Waals surface area contributed by atoms with Crippen molar-refractivity contribution in [3.8, 4) is 0 Å². The highest BCUT2D eigenvalue weighted by atomic mass is 16.1. The number of hydrogen-bond acceptors (Lipinski definition) is 2. The van der Waals surface area contributed by atoms with E-state index < -0.39 is 0 Å². The number of hydrogen-bond donors (Lipinski definition) is 2. The minimum Gasteiger partial charge on any atom is -0.350 e. The highest BCUT2D eigenvalue weighted by Gasteiger charge is 2.19. The van der Waals surface area contributed by atoms with Gasteiger partial charge >= 0.3 is 0 Å². The molecule has 1 amide bonds. The van der Waals surface area contributed by atoms with Crippen molar-refractivity contribution >= 4 is 5.91 Å². The molecule has 2 aliphatic rings. The second-order valence-electron chi connectivity index (χ2n) is 4.15. The summed E-state index contributed by atoms with van der Waals surface area (Å²) in [5.74, 6) is 0.143. The lowest BCUT2D eigenvalue weighted by molar-refractivity contribution is -0.118. The fourth-order valence-electron chi connectivity index (χ4n) is 2.16. The molecule has 1 aliphatic carbocycles. The van der Waals surface area contributed by atoms with E-state index in [1.807, 2.05) is 0 Å². The van der Waals surface area contributed by atoms with Gasteiger partial charge in [-0.2, -0.15) is 0 Å². The molecule has 3 heteroatoms. The summed E-state index contributed by atoms with van der Waals surface area (Å²) in [5.41, 5.74) is 0.920. The Hall–Kier alpha value is -0.830. The molecule has 78 valence electrons. The molecule has 0 aromatic rings. The fourth-order valence-corrected chi connectivity index (χ4v) is 2.16. The van der Waals surface area contributed by atoms with Gasteiger partial charge in [0.05, 0.1) is 0 Å². The van der Waals surface area contributed by atoms with Crippen LogP contribution in [-0.2, 0) is 4.79 Å². The second kappa shape index (κ2) is 4.60. The SMILES string of the molecule is O=C(NC1CCCC1)C1=CCCNC1. The van der Waals surface area contributed by atoms with E-state index in [0.29, 0.717) is 6.04 Å². The summed E-state index contributed by atoms with van der Waals surface area (Å²) >= 11 is 0. The quantitative estimate of drug-likeness (QED) is 0.687. The minimum absolute atomic E-state index is 0.143. The molecule has 0 spiro atoms. The van der Waals surface area contributed by atoms with Crippen molar-refractivity contribution < 1.29 is 4.79 Å². The van der Waals surface area contributed by atoms with E-state index >= 15 is 0 Å². The highest BCUT2D eigenvalue weighted by molar-refractivity contribution is 5.94. The van der Waals surface area contributed by atoms with Crippen molar-refractivity contribution in [2.75, 3.05) is 13.1 Å². The lowest BCUT2D eigenvalue weighted by Crippen LogP contribution is -2.37. The van der Waals surface area contributed by atoms with Crippen molar-refractivity contribution in [3.05, 3.63) is 11.6 Å². The maximum absolute atomic E-state index is 11.7. The molecular weight excluding hydrogens is 176 g/mol. The molecule has 0 radical (unpaired) electrons. The average molecular weight is 194 g/mol. The van der Waals surface area contributed by atoms with Gasteiger partial charge in [-0.05, 0) is 25.8 Å². The highest BCUT2D eigenvalue weighted by Crippen LogP contribution is 2.18. The molecule has 3 nitrogen and oxygen atoms in total. The predicted octanol–water partition coefficient (Wildman–Crippen LogP) is 0.965. The van der Waals surface area contributed by atoms with Crippen LogP contribution in [0.5, 0.6) is 0 Å². The van der Waals surface area contributed by atoms with Gasteiger partial charge in [-0.25, -0.2) is 0 Å². The third kappa shape index (κ3) is 2.35. The summed E-state index contributed by atoms with van der Waals surface area (Å²) < 4.78 is 0. The van der Waals surface area contributed by atoms with Crippen LogP contribution in [0, 0.1) is 0 Å². The fraction of sp³-hybridized carbons (Fsp3) is 0.727. The number of nitrogens with one attached hydrogen (secondary N) is 2. The summed E-state index contributed by atoms with van der Waals surface area (Å²) in [7, 11) is 0. The van der Waals surface area contributed by atoms with Crippen LogP contribution in [0.3, 0.4) is 0 Å². The zero-order valence-corrected chi connectivity index (χ0v) is 8.51.